The molecule has 7 heteroatoms. The number of sulfonamides is 1. The van der Waals surface area contributed by atoms with Crippen molar-refractivity contribution in [2.24, 2.45) is 5.73 Å². The van der Waals surface area contributed by atoms with Crippen molar-refractivity contribution in [3.05, 3.63) is 24.0 Å². The van der Waals surface area contributed by atoms with E-state index in [1.165, 1.54) is 12.3 Å². The highest BCUT2D eigenvalue weighted by molar-refractivity contribution is 7.89. The van der Waals surface area contributed by atoms with E-state index < -0.39 is 10.0 Å². The van der Waals surface area contributed by atoms with Gasteiger partial charge in [-0.15, -0.1) is 0 Å². The van der Waals surface area contributed by atoms with Gasteiger partial charge in [0, 0.05) is 19.3 Å². The van der Waals surface area contributed by atoms with Gasteiger partial charge in [0.15, 0.2) is 0 Å². The molecule has 0 amide bonds. The second kappa shape index (κ2) is 6.79. The third-order valence-electron chi connectivity index (χ3n) is 2.39. The lowest BCUT2D eigenvalue weighted by Crippen LogP contribution is -2.27. The Morgan fingerprint density at radius 2 is 2.11 bits per heavy atom. The average molecular weight is 272 g/mol. The topological polar surface area (TPSA) is 88.3 Å². The van der Waals surface area contributed by atoms with Gasteiger partial charge in [0.25, 0.3) is 0 Å². The molecule has 0 spiro atoms. The lowest BCUT2D eigenvalue weighted by atomic mass is 10.4. The standard InChI is InChI=1S/C11H20N4O2S/c1-15(2)7-3-6-14-18(16,17)11-5-4-10(8-12)13-9-11/h4-5,9,14H,3,6-8,12H2,1-2H3. The molecule has 3 N–H and O–H groups in total. The number of nitrogens with zero attached hydrogens (tertiary/aromatic N) is 2. The van der Waals surface area contributed by atoms with Crippen LogP contribution in [0.4, 0.5) is 0 Å². The summed E-state index contributed by atoms with van der Waals surface area (Å²) in [6.07, 6.45) is 2.09. The van der Waals surface area contributed by atoms with Crippen molar-refractivity contribution in [3.8, 4) is 0 Å². The zero-order chi connectivity index (χ0) is 13.6. The van der Waals surface area contributed by atoms with E-state index in [4.69, 9.17) is 5.73 Å². The summed E-state index contributed by atoms with van der Waals surface area (Å²) < 4.78 is 26.3. The van der Waals surface area contributed by atoms with Crippen LogP contribution in [0.1, 0.15) is 12.1 Å². The van der Waals surface area contributed by atoms with Crippen molar-refractivity contribution >= 4 is 10.0 Å². The van der Waals surface area contributed by atoms with Crippen LogP contribution < -0.4 is 10.5 Å². The Morgan fingerprint density at radius 1 is 1.39 bits per heavy atom. The third-order valence-corrected chi connectivity index (χ3v) is 3.84. The Bertz CT molecular complexity index is 456. The van der Waals surface area contributed by atoms with Crippen LogP contribution in [0, 0.1) is 0 Å². The van der Waals surface area contributed by atoms with Gasteiger partial charge in [-0.2, -0.15) is 0 Å². The molecule has 0 atom stereocenters. The summed E-state index contributed by atoms with van der Waals surface area (Å²) in [5, 5.41) is 0. The fourth-order valence-corrected chi connectivity index (χ4v) is 2.39. The van der Waals surface area contributed by atoms with Gasteiger partial charge in [-0.25, -0.2) is 13.1 Å². The molecule has 0 aliphatic carbocycles. The van der Waals surface area contributed by atoms with Crippen molar-refractivity contribution in [2.45, 2.75) is 17.9 Å². The van der Waals surface area contributed by atoms with Gasteiger partial charge in [-0.05, 0) is 39.2 Å². The zero-order valence-corrected chi connectivity index (χ0v) is 11.6. The van der Waals surface area contributed by atoms with E-state index in [-0.39, 0.29) is 4.90 Å². The largest absolute Gasteiger partial charge is 0.325 e. The SMILES string of the molecule is CN(C)CCCNS(=O)(=O)c1ccc(CN)nc1. The Morgan fingerprint density at radius 3 is 2.61 bits per heavy atom. The molecule has 1 aromatic rings. The molecule has 6 nitrogen and oxygen atoms in total. The Kier molecular flexibility index (Phi) is 5.67. The highest BCUT2D eigenvalue weighted by Crippen LogP contribution is 2.07. The molecule has 0 aromatic carbocycles. The fraction of sp³-hybridized carbons (Fsp3) is 0.545. The summed E-state index contributed by atoms with van der Waals surface area (Å²) in [5.41, 5.74) is 6.07. The Labute approximate surface area is 108 Å². The van der Waals surface area contributed by atoms with Gasteiger partial charge in [0.2, 0.25) is 10.0 Å². The zero-order valence-electron chi connectivity index (χ0n) is 10.8. The van der Waals surface area contributed by atoms with Gasteiger partial charge in [0.05, 0.1) is 5.69 Å². The molecular formula is C11H20N4O2S. The van der Waals surface area contributed by atoms with Crippen LogP contribution in [0.3, 0.4) is 0 Å². The van der Waals surface area contributed by atoms with Gasteiger partial charge >= 0.3 is 0 Å². The van der Waals surface area contributed by atoms with Gasteiger partial charge in [0.1, 0.15) is 4.90 Å². The first kappa shape index (κ1) is 15.0. The molecule has 1 heterocycles. The van der Waals surface area contributed by atoms with Crippen molar-refractivity contribution < 1.29 is 8.42 Å². The van der Waals surface area contributed by atoms with Crippen molar-refractivity contribution in [2.75, 3.05) is 27.2 Å². The van der Waals surface area contributed by atoms with E-state index >= 15 is 0 Å². The molecule has 0 saturated heterocycles. The van der Waals surface area contributed by atoms with Crippen LogP contribution in [-0.4, -0.2) is 45.5 Å². The molecule has 1 rings (SSSR count). The minimum absolute atomic E-state index is 0.171. The lowest BCUT2D eigenvalue weighted by Gasteiger charge is -2.10. The summed E-state index contributed by atoms with van der Waals surface area (Å²) in [4.78, 5) is 6.14. The van der Waals surface area contributed by atoms with E-state index in [9.17, 15) is 8.42 Å². The molecule has 0 radical (unpaired) electrons. The normalized spacial score (nSPS) is 12.0. The van der Waals surface area contributed by atoms with Gasteiger partial charge in [-0.3, -0.25) is 4.98 Å². The van der Waals surface area contributed by atoms with E-state index in [2.05, 4.69) is 9.71 Å². The average Bonchev–Trinajstić information content (AvgIpc) is 2.34. The third kappa shape index (κ3) is 4.69. The molecule has 1 aromatic heterocycles. The number of hydrogen-bond donors (Lipinski definition) is 2. The van der Waals surface area contributed by atoms with E-state index in [1.807, 2.05) is 19.0 Å². The molecule has 102 valence electrons. The predicted octanol–water partition coefficient (Wildman–Crippen LogP) is -0.230. The molecule has 0 fully saturated rings. The maximum atomic E-state index is 11.9. The summed E-state index contributed by atoms with van der Waals surface area (Å²) in [6.45, 7) is 1.56. The van der Waals surface area contributed by atoms with Crippen LogP contribution in [0.15, 0.2) is 23.2 Å². The molecule has 18 heavy (non-hydrogen) atoms. The second-order valence-corrected chi connectivity index (χ2v) is 6.01. The first-order chi connectivity index (χ1) is 8.45. The van der Waals surface area contributed by atoms with Crippen LogP contribution in [0.2, 0.25) is 0 Å². The van der Waals surface area contributed by atoms with E-state index in [1.54, 1.807) is 6.07 Å². The Balaban J connectivity index is 2.57. The highest BCUT2D eigenvalue weighted by atomic mass is 32.2. The van der Waals surface area contributed by atoms with Crippen LogP contribution >= 0.6 is 0 Å². The molecule has 0 aliphatic rings. The molecule has 0 unspecified atom stereocenters. The predicted molar refractivity (Wildman–Crippen MR) is 70.5 cm³/mol. The summed E-state index contributed by atoms with van der Waals surface area (Å²) >= 11 is 0. The molecule has 0 aliphatic heterocycles. The van der Waals surface area contributed by atoms with Crippen LogP contribution in [-0.2, 0) is 16.6 Å². The number of nitrogens with two attached hydrogens (primary N) is 1. The fourth-order valence-electron chi connectivity index (χ4n) is 1.38. The maximum Gasteiger partial charge on any atom is 0.242 e. The van der Waals surface area contributed by atoms with Gasteiger partial charge in [-0.1, -0.05) is 0 Å². The van der Waals surface area contributed by atoms with Crippen molar-refractivity contribution in [1.29, 1.82) is 0 Å². The number of pyridine rings is 1. The van der Waals surface area contributed by atoms with E-state index in [0.29, 0.717) is 18.8 Å². The molecule has 0 bridgehead atoms. The minimum Gasteiger partial charge on any atom is -0.325 e. The summed E-state index contributed by atoms with van der Waals surface area (Å²) in [5.74, 6) is 0. The van der Waals surface area contributed by atoms with Crippen LogP contribution in [0.25, 0.3) is 0 Å². The maximum absolute atomic E-state index is 11.9. The van der Waals surface area contributed by atoms with Crippen molar-refractivity contribution in [1.82, 2.24) is 14.6 Å². The van der Waals surface area contributed by atoms with Crippen LogP contribution in [0.5, 0.6) is 0 Å². The number of nitrogens with one attached hydrogen (secondary N) is 1. The van der Waals surface area contributed by atoms with Gasteiger partial charge < -0.3 is 10.6 Å². The molecule has 0 saturated carbocycles. The second-order valence-electron chi connectivity index (χ2n) is 4.24. The number of rotatable bonds is 7. The van der Waals surface area contributed by atoms with E-state index in [0.717, 1.165) is 13.0 Å². The van der Waals surface area contributed by atoms with Crippen molar-refractivity contribution in [3.63, 3.8) is 0 Å². The number of aromatic nitrogens is 1. The smallest absolute Gasteiger partial charge is 0.242 e. The highest BCUT2D eigenvalue weighted by Gasteiger charge is 2.13. The summed E-state index contributed by atoms with van der Waals surface area (Å²) in [7, 11) is 0.442. The lowest BCUT2D eigenvalue weighted by molar-refractivity contribution is 0.400. The Hall–Kier alpha value is -1.02. The first-order valence-corrected chi connectivity index (χ1v) is 7.23. The molecular weight excluding hydrogens is 252 g/mol. The quantitative estimate of drug-likeness (QED) is 0.669. The first-order valence-electron chi connectivity index (χ1n) is 5.75. The summed E-state index contributed by atoms with van der Waals surface area (Å²) in [6, 6.07) is 3.14. The number of hydrogen-bond acceptors (Lipinski definition) is 5. The monoisotopic (exact) mass is 272 g/mol. The minimum atomic E-state index is -3.46.